The molecule has 0 aliphatic heterocycles. The Hall–Kier alpha value is -4.37. The van der Waals surface area contributed by atoms with E-state index in [4.69, 9.17) is 15.7 Å². The van der Waals surface area contributed by atoms with E-state index >= 15 is 0 Å². The van der Waals surface area contributed by atoms with Gasteiger partial charge in [-0.15, -0.1) is 0 Å². The van der Waals surface area contributed by atoms with Crippen LogP contribution in [0.25, 0.3) is 5.69 Å². The van der Waals surface area contributed by atoms with E-state index in [1.54, 1.807) is 0 Å². The Morgan fingerprint density at radius 1 is 1.26 bits per heavy atom. The molecule has 0 saturated carbocycles. The van der Waals surface area contributed by atoms with Gasteiger partial charge in [-0.25, -0.2) is 17.9 Å². The molecule has 31 heavy (non-hydrogen) atoms. The van der Waals surface area contributed by atoms with Crippen LogP contribution in [0.1, 0.15) is 26.4 Å². The third kappa shape index (κ3) is 4.16. The number of anilines is 1. The Morgan fingerprint density at radius 3 is 2.52 bits per heavy atom. The average Bonchev–Trinajstić information content (AvgIpc) is 3.09. The molecular formula is C19H15N5O6S. The lowest BCUT2D eigenvalue weighted by atomic mass is 10.2. The van der Waals surface area contributed by atoms with E-state index in [1.165, 1.54) is 47.2 Å². The van der Waals surface area contributed by atoms with Crippen LogP contribution in [0.3, 0.4) is 0 Å². The van der Waals surface area contributed by atoms with E-state index in [0.717, 1.165) is 19.5 Å². The number of sulfonamides is 1. The summed E-state index contributed by atoms with van der Waals surface area (Å²) >= 11 is 0. The van der Waals surface area contributed by atoms with Gasteiger partial charge in [0.05, 0.1) is 23.3 Å². The molecule has 0 atom stereocenters. The Balaban J connectivity index is 1.92. The Bertz CT molecular complexity index is 1320. The quantitative estimate of drug-likeness (QED) is 0.327. The largest absolute Gasteiger partial charge is 0.619 e. The smallest absolute Gasteiger partial charge is 0.357 e. The van der Waals surface area contributed by atoms with Crippen molar-refractivity contribution in [3.05, 3.63) is 77.0 Å². The number of nitrogens with two attached hydrogens (primary N) is 1. The highest BCUT2D eigenvalue weighted by molar-refractivity contribution is 7.90. The predicted molar refractivity (Wildman–Crippen MR) is 106 cm³/mol. The number of nitrogens with one attached hydrogen (secondary N) is 1. The van der Waals surface area contributed by atoms with E-state index in [2.05, 4.69) is 0 Å². The summed E-state index contributed by atoms with van der Waals surface area (Å²) in [5.41, 5.74) is 5.92. The first-order chi connectivity index (χ1) is 14.7. The number of nitrogen functional groups attached to an aromatic ring is 1. The minimum atomic E-state index is -4.25. The Kier molecular flexibility index (Phi) is 5.62. The number of benzene rings is 1. The number of nitriles is 1. The lowest BCUT2D eigenvalue weighted by molar-refractivity contribution is -0.605. The van der Waals surface area contributed by atoms with Gasteiger partial charge in [0.15, 0.2) is 18.1 Å². The molecule has 3 N–H and O–H groups in total. The van der Waals surface area contributed by atoms with Gasteiger partial charge in [0.1, 0.15) is 11.6 Å². The molecule has 3 aromatic rings. The molecule has 0 aliphatic carbocycles. The fourth-order valence-corrected chi connectivity index (χ4v) is 3.71. The van der Waals surface area contributed by atoms with Gasteiger partial charge in [-0.1, -0.05) is 0 Å². The number of carbonyl (C=O) groups excluding carboxylic acids is 2. The molecule has 158 valence electrons. The summed E-state index contributed by atoms with van der Waals surface area (Å²) in [5, 5.41) is 20.4. The lowest BCUT2D eigenvalue weighted by Crippen LogP contribution is -2.33. The summed E-state index contributed by atoms with van der Waals surface area (Å²) in [6, 6.07) is 9.58. The first-order valence-electron chi connectivity index (χ1n) is 8.53. The van der Waals surface area contributed by atoms with Gasteiger partial charge in [0, 0.05) is 18.0 Å². The molecule has 0 radical (unpaired) electrons. The molecule has 2 heterocycles. The topological polar surface area (TPSA) is 171 Å². The van der Waals surface area contributed by atoms with Crippen molar-refractivity contribution in [3.63, 3.8) is 0 Å². The van der Waals surface area contributed by atoms with Gasteiger partial charge in [-0.2, -0.15) is 9.99 Å². The number of nitrogens with zero attached hydrogens (tertiary/aromatic N) is 3. The van der Waals surface area contributed by atoms with Gasteiger partial charge >= 0.3 is 5.97 Å². The van der Waals surface area contributed by atoms with Crippen LogP contribution in [0.15, 0.2) is 59.9 Å². The zero-order valence-corrected chi connectivity index (χ0v) is 16.8. The highest BCUT2D eigenvalue weighted by Gasteiger charge is 2.23. The molecule has 0 spiro atoms. The van der Waals surface area contributed by atoms with Gasteiger partial charge < -0.3 is 20.2 Å². The van der Waals surface area contributed by atoms with Crippen LogP contribution in [0.5, 0.6) is 0 Å². The molecule has 12 heteroatoms. The molecule has 11 nitrogen and oxygen atoms in total. The second-order valence-corrected chi connectivity index (χ2v) is 7.84. The number of ether oxygens (including phenoxy) is 1. The van der Waals surface area contributed by atoms with Crippen molar-refractivity contribution in [1.82, 2.24) is 9.29 Å². The fraction of sp³-hybridized carbons (Fsp3) is 0.0526. The van der Waals surface area contributed by atoms with Crippen LogP contribution in [0, 0.1) is 16.5 Å². The lowest BCUT2D eigenvalue weighted by Gasteiger charge is -2.10. The molecule has 0 unspecified atom stereocenters. The van der Waals surface area contributed by atoms with Gasteiger partial charge in [-0.3, -0.25) is 4.79 Å². The van der Waals surface area contributed by atoms with Crippen LogP contribution in [-0.4, -0.2) is 32.0 Å². The number of pyridine rings is 1. The summed E-state index contributed by atoms with van der Waals surface area (Å²) < 4.78 is 33.3. The monoisotopic (exact) mass is 441 g/mol. The first-order valence-corrected chi connectivity index (χ1v) is 10.0. The average molecular weight is 441 g/mol. The molecule has 1 aromatic carbocycles. The number of carbonyl (C=O) groups is 2. The predicted octanol–water partition coefficient (Wildman–Crippen LogP) is 0.470. The third-order valence-corrected chi connectivity index (χ3v) is 5.58. The van der Waals surface area contributed by atoms with Crippen molar-refractivity contribution >= 4 is 27.6 Å². The normalized spacial score (nSPS) is 10.8. The van der Waals surface area contributed by atoms with Crippen molar-refractivity contribution in [2.24, 2.45) is 0 Å². The van der Waals surface area contributed by atoms with Crippen molar-refractivity contribution in [1.29, 1.82) is 5.26 Å². The summed E-state index contributed by atoms with van der Waals surface area (Å²) in [4.78, 5) is 24.0. The van der Waals surface area contributed by atoms with Crippen LogP contribution >= 0.6 is 0 Å². The molecule has 0 fully saturated rings. The summed E-state index contributed by atoms with van der Waals surface area (Å²) in [5.74, 6) is -1.75. The van der Waals surface area contributed by atoms with Crippen molar-refractivity contribution in [2.45, 2.75) is 4.90 Å². The molecular weight excluding hydrogens is 426 g/mol. The maximum Gasteiger partial charge on any atom is 0.357 e. The maximum absolute atomic E-state index is 12.5. The SMILES string of the molecule is COC(=O)c1c(N)c(C#N)cn1-c1ccc(S(=O)(=O)NC(=O)c2ccc[n+]([O-])c2)cc1. The number of aromatic nitrogens is 2. The first kappa shape index (κ1) is 21.3. The third-order valence-electron chi connectivity index (χ3n) is 4.23. The minimum Gasteiger partial charge on any atom is -0.619 e. The van der Waals surface area contributed by atoms with Crippen LogP contribution in [-0.2, 0) is 14.8 Å². The van der Waals surface area contributed by atoms with Crippen LogP contribution < -0.4 is 15.2 Å². The number of methoxy groups -OCH3 is 1. The highest BCUT2D eigenvalue weighted by atomic mass is 32.2. The number of rotatable bonds is 5. The summed E-state index contributed by atoms with van der Waals surface area (Å²) in [6.07, 6.45) is 3.41. The highest BCUT2D eigenvalue weighted by Crippen LogP contribution is 2.25. The van der Waals surface area contributed by atoms with E-state index < -0.39 is 21.9 Å². The zero-order chi connectivity index (χ0) is 22.8. The van der Waals surface area contributed by atoms with Crippen molar-refractivity contribution in [2.75, 3.05) is 12.8 Å². The number of esters is 1. The molecule has 0 saturated heterocycles. The zero-order valence-electron chi connectivity index (χ0n) is 16.0. The minimum absolute atomic E-state index is 0.0443. The Morgan fingerprint density at radius 2 is 1.94 bits per heavy atom. The number of hydrogen-bond donors (Lipinski definition) is 2. The maximum atomic E-state index is 12.5. The molecule has 2 aromatic heterocycles. The number of hydrogen-bond acceptors (Lipinski definition) is 8. The van der Waals surface area contributed by atoms with Gasteiger partial charge in [0.25, 0.3) is 15.9 Å². The Labute approximate surface area is 176 Å². The van der Waals surface area contributed by atoms with E-state index in [0.29, 0.717) is 10.4 Å². The standard InChI is InChI=1S/C19H15N5O6S/c1-30-19(26)17-16(21)13(9-20)11-24(17)14-4-6-15(7-5-14)31(28,29)22-18(25)12-3-2-8-23(27)10-12/h2-8,10-11H,21H2,1H3,(H,22,25). The fourth-order valence-electron chi connectivity index (χ4n) is 2.73. The van der Waals surface area contributed by atoms with Gasteiger partial charge in [0.2, 0.25) is 0 Å². The van der Waals surface area contributed by atoms with Crippen LogP contribution in [0.4, 0.5) is 5.69 Å². The summed E-state index contributed by atoms with van der Waals surface area (Å²) in [7, 11) is -3.09. The number of amides is 1. The second kappa shape index (κ2) is 8.17. The van der Waals surface area contributed by atoms with E-state index in [-0.39, 0.29) is 27.4 Å². The molecule has 0 bridgehead atoms. The van der Waals surface area contributed by atoms with Crippen molar-refractivity contribution < 1.29 is 27.5 Å². The second-order valence-electron chi connectivity index (χ2n) is 6.16. The molecule has 3 rings (SSSR count). The molecule has 1 amide bonds. The molecule has 0 aliphatic rings. The van der Waals surface area contributed by atoms with E-state index in [1.807, 2.05) is 10.8 Å². The van der Waals surface area contributed by atoms with E-state index in [9.17, 15) is 23.2 Å². The van der Waals surface area contributed by atoms with Gasteiger partial charge in [-0.05, 0) is 30.3 Å². The van der Waals surface area contributed by atoms with Crippen LogP contribution in [0.2, 0.25) is 0 Å². The summed E-state index contributed by atoms with van der Waals surface area (Å²) in [6.45, 7) is 0. The van der Waals surface area contributed by atoms with Crippen molar-refractivity contribution in [3.8, 4) is 11.8 Å².